The first kappa shape index (κ1) is 18.0. The largest absolute Gasteiger partial charge is 0.454 e. The first-order valence-electron chi connectivity index (χ1n) is 8.78. The number of hydrogen-bond acceptors (Lipinski definition) is 5. The zero-order valence-electron chi connectivity index (χ0n) is 15.0. The van der Waals surface area contributed by atoms with Crippen LogP contribution in [0.25, 0.3) is 0 Å². The van der Waals surface area contributed by atoms with Crippen molar-refractivity contribution < 1.29 is 9.47 Å². The Morgan fingerprint density at radius 1 is 1.14 bits per heavy atom. The summed E-state index contributed by atoms with van der Waals surface area (Å²) in [5, 5.41) is 12.0. The van der Waals surface area contributed by atoms with Crippen molar-refractivity contribution in [3.63, 3.8) is 0 Å². The predicted octanol–water partition coefficient (Wildman–Crippen LogP) is 2.66. The molecule has 3 aromatic rings. The number of benzene rings is 2. The lowest BCUT2D eigenvalue weighted by Crippen LogP contribution is -2.31. The third kappa shape index (κ3) is 4.66. The molecule has 0 unspecified atom stereocenters. The summed E-state index contributed by atoms with van der Waals surface area (Å²) < 4.78 is 12.5. The van der Waals surface area contributed by atoms with Gasteiger partial charge in [0, 0.05) is 18.3 Å². The molecule has 0 saturated carbocycles. The SMILES string of the molecule is S=C(NCc1ccc2c(c1)OCO2)N/N=C\c1cnn(Cc2ccccc2)c1. The van der Waals surface area contributed by atoms with Crippen molar-refractivity contribution >= 4 is 23.5 Å². The molecule has 0 amide bonds. The molecule has 2 N–H and O–H groups in total. The second-order valence-corrected chi connectivity index (χ2v) is 6.61. The summed E-state index contributed by atoms with van der Waals surface area (Å²) in [5.41, 5.74) is 5.94. The van der Waals surface area contributed by atoms with Crippen molar-refractivity contribution in [1.29, 1.82) is 0 Å². The zero-order chi connectivity index (χ0) is 19.2. The Kier molecular flexibility index (Phi) is 5.48. The summed E-state index contributed by atoms with van der Waals surface area (Å²) >= 11 is 5.25. The number of thiocarbonyl (C=S) groups is 1. The second-order valence-electron chi connectivity index (χ2n) is 6.20. The number of fused-ring (bicyclic) bond motifs is 1. The van der Waals surface area contributed by atoms with Crippen LogP contribution in [0.1, 0.15) is 16.7 Å². The fourth-order valence-corrected chi connectivity index (χ4v) is 2.87. The van der Waals surface area contributed by atoms with Gasteiger partial charge in [0.1, 0.15) is 0 Å². The topological polar surface area (TPSA) is 72.7 Å². The maximum atomic E-state index is 5.37. The van der Waals surface area contributed by atoms with Gasteiger partial charge in [0.2, 0.25) is 6.79 Å². The van der Waals surface area contributed by atoms with E-state index in [0.29, 0.717) is 11.7 Å². The van der Waals surface area contributed by atoms with Crippen LogP contribution in [0.2, 0.25) is 0 Å². The molecule has 1 aromatic heterocycles. The van der Waals surface area contributed by atoms with E-state index in [1.165, 1.54) is 5.56 Å². The van der Waals surface area contributed by atoms with Crippen molar-refractivity contribution in [3.8, 4) is 11.5 Å². The Labute approximate surface area is 168 Å². The second kappa shape index (κ2) is 8.53. The molecule has 2 heterocycles. The van der Waals surface area contributed by atoms with Gasteiger partial charge in [-0.15, -0.1) is 0 Å². The van der Waals surface area contributed by atoms with Gasteiger partial charge in [0.15, 0.2) is 16.6 Å². The van der Waals surface area contributed by atoms with E-state index in [1.807, 2.05) is 47.3 Å². The Morgan fingerprint density at radius 3 is 2.89 bits per heavy atom. The third-order valence-corrected chi connectivity index (χ3v) is 4.35. The highest BCUT2D eigenvalue weighted by Gasteiger charge is 2.12. The first-order chi connectivity index (χ1) is 13.8. The maximum Gasteiger partial charge on any atom is 0.231 e. The number of nitrogens with zero attached hydrogens (tertiary/aromatic N) is 3. The fraction of sp³-hybridized carbons (Fsp3) is 0.150. The number of aromatic nitrogens is 2. The highest BCUT2D eigenvalue weighted by atomic mass is 32.1. The smallest absolute Gasteiger partial charge is 0.231 e. The Bertz CT molecular complexity index is 987. The third-order valence-electron chi connectivity index (χ3n) is 4.11. The van der Waals surface area contributed by atoms with Crippen LogP contribution in [0.4, 0.5) is 0 Å². The maximum absolute atomic E-state index is 5.37. The molecular weight excluding hydrogens is 374 g/mol. The van der Waals surface area contributed by atoms with Crippen LogP contribution in [-0.2, 0) is 13.1 Å². The summed E-state index contributed by atoms with van der Waals surface area (Å²) in [6, 6.07) is 16.0. The molecule has 0 spiro atoms. The van der Waals surface area contributed by atoms with Crippen LogP contribution in [0.3, 0.4) is 0 Å². The minimum Gasteiger partial charge on any atom is -0.454 e. The van der Waals surface area contributed by atoms with Gasteiger partial charge in [0.05, 0.1) is 19.0 Å². The summed E-state index contributed by atoms with van der Waals surface area (Å²) in [6.45, 7) is 1.55. The van der Waals surface area contributed by atoms with E-state index in [2.05, 4.69) is 33.1 Å². The molecule has 0 bridgehead atoms. The number of hydrazone groups is 1. The van der Waals surface area contributed by atoms with Gasteiger partial charge in [-0.3, -0.25) is 10.1 Å². The molecule has 0 fully saturated rings. The van der Waals surface area contributed by atoms with Crippen molar-refractivity contribution in [3.05, 3.63) is 77.6 Å². The summed E-state index contributed by atoms with van der Waals surface area (Å²) in [5.74, 6) is 1.52. The van der Waals surface area contributed by atoms with E-state index >= 15 is 0 Å². The van der Waals surface area contributed by atoms with Gasteiger partial charge in [0.25, 0.3) is 0 Å². The molecule has 0 aliphatic carbocycles. The Balaban J connectivity index is 1.24. The number of hydrogen-bond donors (Lipinski definition) is 2. The van der Waals surface area contributed by atoms with Crippen molar-refractivity contribution in [2.24, 2.45) is 5.10 Å². The lowest BCUT2D eigenvalue weighted by atomic mass is 10.2. The average Bonchev–Trinajstić information content (AvgIpc) is 3.36. The van der Waals surface area contributed by atoms with Crippen LogP contribution in [0.15, 0.2) is 66.0 Å². The molecule has 28 heavy (non-hydrogen) atoms. The molecule has 142 valence electrons. The molecule has 8 heteroatoms. The molecule has 0 radical (unpaired) electrons. The Hall–Kier alpha value is -3.39. The molecule has 7 nitrogen and oxygen atoms in total. The van der Waals surface area contributed by atoms with E-state index in [9.17, 15) is 0 Å². The van der Waals surface area contributed by atoms with E-state index in [4.69, 9.17) is 21.7 Å². The van der Waals surface area contributed by atoms with Crippen molar-refractivity contribution in [2.75, 3.05) is 6.79 Å². The lowest BCUT2D eigenvalue weighted by Gasteiger charge is -2.07. The van der Waals surface area contributed by atoms with E-state index in [1.54, 1.807) is 12.4 Å². The summed E-state index contributed by atoms with van der Waals surface area (Å²) in [6.07, 6.45) is 5.38. The van der Waals surface area contributed by atoms with Crippen molar-refractivity contribution in [1.82, 2.24) is 20.5 Å². The number of rotatable bonds is 6. The molecule has 2 aromatic carbocycles. The van der Waals surface area contributed by atoms with E-state index in [-0.39, 0.29) is 6.79 Å². The molecule has 4 rings (SSSR count). The average molecular weight is 393 g/mol. The minimum absolute atomic E-state index is 0.267. The highest BCUT2D eigenvalue weighted by Crippen LogP contribution is 2.32. The molecular formula is C20H19N5O2S. The van der Waals surface area contributed by atoms with Gasteiger partial charge in [-0.25, -0.2) is 0 Å². The fourth-order valence-electron chi connectivity index (χ4n) is 2.74. The monoisotopic (exact) mass is 393 g/mol. The first-order valence-corrected chi connectivity index (χ1v) is 9.19. The number of nitrogens with one attached hydrogen (secondary N) is 2. The van der Waals surface area contributed by atoms with Gasteiger partial charge < -0.3 is 14.8 Å². The quantitative estimate of drug-likeness (QED) is 0.381. The molecule has 1 aliphatic rings. The lowest BCUT2D eigenvalue weighted by molar-refractivity contribution is 0.174. The number of ether oxygens (including phenoxy) is 2. The summed E-state index contributed by atoms with van der Waals surface area (Å²) in [7, 11) is 0. The van der Waals surface area contributed by atoms with Crippen molar-refractivity contribution in [2.45, 2.75) is 13.1 Å². The van der Waals surface area contributed by atoms with E-state index < -0.39 is 0 Å². The van der Waals surface area contributed by atoms with E-state index in [0.717, 1.165) is 29.2 Å². The predicted molar refractivity (Wildman–Crippen MR) is 111 cm³/mol. The van der Waals surface area contributed by atoms with Gasteiger partial charge in [-0.2, -0.15) is 10.2 Å². The van der Waals surface area contributed by atoms with Crippen LogP contribution >= 0.6 is 12.2 Å². The standard InChI is InChI=1S/C20H19N5O2S/c28-20(21-9-16-6-7-18-19(8-16)27-14-26-18)24-22-10-17-11-23-25(13-17)12-15-4-2-1-3-5-15/h1-8,10-11,13H,9,12,14H2,(H2,21,24,28)/b22-10-. The van der Waals surface area contributed by atoms with Crippen LogP contribution in [0, 0.1) is 0 Å². The van der Waals surface area contributed by atoms with Crippen LogP contribution in [0.5, 0.6) is 11.5 Å². The van der Waals surface area contributed by atoms with Gasteiger partial charge >= 0.3 is 0 Å². The highest BCUT2D eigenvalue weighted by molar-refractivity contribution is 7.80. The van der Waals surface area contributed by atoms with Crippen LogP contribution in [-0.4, -0.2) is 27.9 Å². The summed E-state index contributed by atoms with van der Waals surface area (Å²) in [4.78, 5) is 0. The Morgan fingerprint density at radius 2 is 2.00 bits per heavy atom. The van der Waals surface area contributed by atoms with Gasteiger partial charge in [-0.1, -0.05) is 36.4 Å². The van der Waals surface area contributed by atoms with Gasteiger partial charge in [-0.05, 0) is 35.5 Å². The molecule has 0 atom stereocenters. The van der Waals surface area contributed by atoms with Crippen LogP contribution < -0.4 is 20.2 Å². The molecule has 0 saturated heterocycles. The molecule has 1 aliphatic heterocycles. The zero-order valence-corrected chi connectivity index (χ0v) is 15.9. The normalized spacial score (nSPS) is 12.3. The minimum atomic E-state index is 0.267.